The molecular weight excluding hydrogens is 390 g/mol. The van der Waals surface area contributed by atoms with Gasteiger partial charge in [0.15, 0.2) is 0 Å². The summed E-state index contributed by atoms with van der Waals surface area (Å²) in [6.07, 6.45) is 4.75. The van der Waals surface area contributed by atoms with Crippen LogP contribution in [0.5, 0.6) is 0 Å². The number of hydrogen-bond donors (Lipinski definition) is 3. The van der Waals surface area contributed by atoms with Crippen molar-refractivity contribution in [3.63, 3.8) is 0 Å². The monoisotopic (exact) mass is 415 g/mol. The molecule has 3 rings (SSSR count). The zero-order chi connectivity index (χ0) is 20.6. The lowest BCUT2D eigenvalue weighted by atomic mass is 10.0. The van der Waals surface area contributed by atoms with E-state index < -0.39 is 12.0 Å². The molecule has 1 atom stereocenters. The minimum atomic E-state index is -0.970. The number of amides is 1. The first-order valence-corrected chi connectivity index (χ1v) is 10.4. The van der Waals surface area contributed by atoms with Crippen LogP contribution in [0.25, 0.3) is 0 Å². The Hall–Kier alpha value is -2.60. The van der Waals surface area contributed by atoms with Crippen LogP contribution in [0.15, 0.2) is 36.4 Å². The number of carboxylic acids is 1. The maximum Gasteiger partial charge on any atom is 0.305 e. The molecule has 0 radical (unpaired) electrons. The van der Waals surface area contributed by atoms with Crippen molar-refractivity contribution in [2.24, 2.45) is 0 Å². The number of hydrogen-bond acceptors (Lipinski definition) is 4. The largest absolute Gasteiger partial charge is 0.481 e. The number of aliphatic carboxylic acids is 1. The van der Waals surface area contributed by atoms with Gasteiger partial charge in [0.25, 0.3) is 0 Å². The highest BCUT2D eigenvalue weighted by Crippen LogP contribution is 2.22. The van der Waals surface area contributed by atoms with Gasteiger partial charge in [0.05, 0.1) is 12.5 Å². The number of fused-ring (bicyclic) bond motifs is 1. The number of carboxylic acid groups (broad SMARTS) is 1. The third kappa shape index (κ3) is 6.46. The fraction of sp³-hybridized carbons (Fsp3) is 0.409. The Bertz CT molecular complexity index is 872. The van der Waals surface area contributed by atoms with Gasteiger partial charge in [0, 0.05) is 23.7 Å². The first-order chi connectivity index (χ1) is 14.0. The van der Waals surface area contributed by atoms with E-state index in [1.165, 1.54) is 5.56 Å². The molecule has 2 aromatic rings. The predicted octanol–water partition coefficient (Wildman–Crippen LogP) is 4.14. The summed E-state index contributed by atoms with van der Waals surface area (Å²) in [7, 11) is 0. The predicted molar refractivity (Wildman–Crippen MR) is 113 cm³/mol. The second-order valence-corrected chi connectivity index (χ2v) is 7.76. The van der Waals surface area contributed by atoms with E-state index in [0.29, 0.717) is 23.4 Å². The van der Waals surface area contributed by atoms with Crippen LogP contribution in [-0.2, 0) is 22.4 Å². The zero-order valence-corrected chi connectivity index (χ0v) is 17.0. The summed E-state index contributed by atoms with van der Waals surface area (Å²) < 4.78 is 0. The fourth-order valence-corrected chi connectivity index (χ4v) is 3.72. The highest BCUT2D eigenvalue weighted by atomic mass is 35.5. The van der Waals surface area contributed by atoms with Gasteiger partial charge < -0.3 is 15.7 Å². The molecule has 3 N–H and O–H groups in total. The third-order valence-corrected chi connectivity index (χ3v) is 5.24. The minimum Gasteiger partial charge on any atom is -0.481 e. The van der Waals surface area contributed by atoms with Crippen LogP contribution < -0.4 is 10.6 Å². The van der Waals surface area contributed by atoms with Gasteiger partial charge in [0.1, 0.15) is 5.82 Å². The highest BCUT2D eigenvalue weighted by molar-refractivity contribution is 6.30. The van der Waals surface area contributed by atoms with Crippen LogP contribution in [0.4, 0.5) is 5.82 Å². The lowest BCUT2D eigenvalue weighted by Crippen LogP contribution is -2.30. The lowest BCUT2D eigenvalue weighted by Gasteiger charge is -2.18. The number of nitrogens with zero attached hydrogens (tertiary/aromatic N) is 1. The van der Waals surface area contributed by atoms with Crippen molar-refractivity contribution >= 4 is 29.3 Å². The number of halogens is 1. The van der Waals surface area contributed by atoms with Crippen molar-refractivity contribution in [1.82, 2.24) is 10.3 Å². The van der Waals surface area contributed by atoms with E-state index in [2.05, 4.69) is 27.8 Å². The molecule has 1 aromatic carbocycles. The lowest BCUT2D eigenvalue weighted by molar-refractivity contribution is -0.137. The summed E-state index contributed by atoms with van der Waals surface area (Å²) in [6.45, 7) is 0.966. The molecule has 0 aliphatic carbocycles. The van der Waals surface area contributed by atoms with E-state index in [4.69, 9.17) is 16.7 Å². The number of unbranched alkanes of at least 4 members (excludes halogenated alkanes) is 1. The van der Waals surface area contributed by atoms with Crippen LogP contribution in [0.1, 0.15) is 55.0 Å². The molecular formula is C22H26ClN3O3. The van der Waals surface area contributed by atoms with Crippen LogP contribution >= 0.6 is 11.6 Å². The van der Waals surface area contributed by atoms with E-state index >= 15 is 0 Å². The minimum absolute atomic E-state index is 0.156. The van der Waals surface area contributed by atoms with Gasteiger partial charge >= 0.3 is 5.97 Å². The van der Waals surface area contributed by atoms with Crippen molar-refractivity contribution < 1.29 is 14.7 Å². The first kappa shape index (κ1) is 21.1. The third-order valence-electron chi connectivity index (χ3n) is 5.00. The Labute approximate surface area is 175 Å². The maximum absolute atomic E-state index is 12.3. The summed E-state index contributed by atoms with van der Waals surface area (Å²) >= 11 is 6.00. The maximum atomic E-state index is 12.3. The van der Waals surface area contributed by atoms with Gasteiger partial charge in [-0.15, -0.1) is 0 Å². The Morgan fingerprint density at radius 2 is 2.10 bits per heavy atom. The number of carbonyl (C=O) groups excluding carboxylic acids is 1. The van der Waals surface area contributed by atoms with Gasteiger partial charge in [-0.2, -0.15) is 0 Å². The number of aryl methyl sites for hydroxylation is 2. The number of pyridine rings is 1. The molecule has 1 amide bonds. The Kier molecular flexibility index (Phi) is 7.47. The Balaban J connectivity index is 1.47. The molecule has 0 saturated carbocycles. The van der Waals surface area contributed by atoms with E-state index in [-0.39, 0.29) is 12.3 Å². The number of aromatic nitrogens is 1. The van der Waals surface area contributed by atoms with Gasteiger partial charge in [-0.3, -0.25) is 9.59 Å². The average Bonchev–Trinajstić information content (AvgIpc) is 2.70. The first-order valence-electron chi connectivity index (χ1n) is 10.0. The molecule has 1 aromatic heterocycles. The highest BCUT2D eigenvalue weighted by Gasteiger charge is 2.18. The summed E-state index contributed by atoms with van der Waals surface area (Å²) in [5.41, 5.74) is 2.99. The molecule has 29 heavy (non-hydrogen) atoms. The summed E-state index contributed by atoms with van der Waals surface area (Å²) in [5.74, 6) is -0.136. The number of benzene rings is 1. The molecule has 154 valence electrons. The van der Waals surface area contributed by atoms with Gasteiger partial charge in [0.2, 0.25) is 5.91 Å². The van der Waals surface area contributed by atoms with E-state index in [9.17, 15) is 9.59 Å². The van der Waals surface area contributed by atoms with E-state index in [1.807, 2.05) is 0 Å². The molecule has 0 bridgehead atoms. The van der Waals surface area contributed by atoms with Crippen molar-refractivity contribution in [3.8, 4) is 0 Å². The number of anilines is 1. The molecule has 0 saturated heterocycles. The van der Waals surface area contributed by atoms with Crippen molar-refractivity contribution in [2.75, 3.05) is 11.9 Å². The van der Waals surface area contributed by atoms with Gasteiger partial charge in [-0.25, -0.2) is 4.98 Å². The number of rotatable bonds is 9. The molecule has 1 unspecified atom stereocenters. The zero-order valence-electron chi connectivity index (χ0n) is 16.3. The van der Waals surface area contributed by atoms with Crippen molar-refractivity contribution in [2.45, 2.75) is 51.0 Å². The van der Waals surface area contributed by atoms with Crippen LogP contribution in [-0.4, -0.2) is 28.5 Å². The van der Waals surface area contributed by atoms with E-state index in [1.54, 1.807) is 24.3 Å². The average molecular weight is 416 g/mol. The summed E-state index contributed by atoms with van der Waals surface area (Å²) in [5, 5.41) is 15.8. The topological polar surface area (TPSA) is 91.3 Å². The quantitative estimate of drug-likeness (QED) is 0.535. The van der Waals surface area contributed by atoms with E-state index in [0.717, 1.165) is 43.7 Å². The van der Waals surface area contributed by atoms with Crippen LogP contribution in [0.2, 0.25) is 5.02 Å². The smallest absolute Gasteiger partial charge is 0.305 e. The molecule has 2 heterocycles. The second-order valence-electron chi connectivity index (χ2n) is 7.32. The Morgan fingerprint density at radius 3 is 2.90 bits per heavy atom. The van der Waals surface area contributed by atoms with Gasteiger partial charge in [-0.05, 0) is 61.4 Å². The Morgan fingerprint density at radius 1 is 1.24 bits per heavy atom. The summed E-state index contributed by atoms with van der Waals surface area (Å²) in [6, 6.07) is 10.5. The fourth-order valence-electron chi connectivity index (χ4n) is 3.52. The van der Waals surface area contributed by atoms with Crippen LogP contribution in [0, 0.1) is 0 Å². The standard InChI is InChI=1S/C22H26ClN3O3/c23-17-7-3-5-16(13-17)19(14-21(28)29)26-20(27)9-2-1-8-18-11-10-15-6-4-12-24-22(15)25-18/h3,5,7,10-11,13,19H,1-2,4,6,8-9,12,14H2,(H,24,25)(H,26,27)(H,28,29). The molecule has 0 fully saturated rings. The molecule has 1 aliphatic heterocycles. The molecule has 7 heteroatoms. The van der Waals surface area contributed by atoms with Crippen LogP contribution in [0.3, 0.4) is 0 Å². The normalized spacial score (nSPS) is 13.8. The van der Waals surface area contributed by atoms with Gasteiger partial charge in [-0.1, -0.05) is 29.8 Å². The second kappa shape index (κ2) is 10.3. The van der Waals surface area contributed by atoms with Crippen molar-refractivity contribution in [1.29, 1.82) is 0 Å². The summed E-state index contributed by atoms with van der Waals surface area (Å²) in [4.78, 5) is 28.2. The number of carbonyl (C=O) groups is 2. The SMILES string of the molecule is O=C(O)CC(NC(=O)CCCCc1ccc2c(n1)NCCC2)c1cccc(Cl)c1. The molecule has 0 spiro atoms. The molecule has 1 aliphatic rings. The van der Waals surface area contributed by atoms with Crippen molar-refractivity contribution in [3.05, 3.63) is 58.2 Å². The molecule has 6 nitrogen and oxygen atoms in total. The number of nitrogens with one attached hydrogen (secondary N) is 2.